The van der Waals surface area contributed by atoms with E-state index in [2.05, 4.69) is 11.2 Å². The lowest BCUT2D eigenvalue weighted by Gasteiger charge is -2.09. The van der Waals surface area contributed by atoms with Crippen molar-refractivity contribution in [3.8, 4) is 5.69 Å². The van der Waals surface area contributed by atoms with Gasteiger partial charge in [-0.2, -0.15) is 18.3 Å². The van der Waals surface area contributed by atoms with E-state index in [1.165, 1.54) is 10.7 Å². The van der Waals surface area contributed by atoms with Gasteiger partial charge in [0.15, 0.2) is 0 Å². The summed E-state index contributed by atoms with van der Waals surface area (Å²) in [6.07, 6.45) is -2.75. The number of aromatic nitrogens is 2. The number of nitrogens with zero attached hydrogens (tertiary/aromatic N) is 2. The molecule has 0 aliphatic rings. The Morgan fingerprint density at radius 2 is 2.00 bits per heavy atom. The van der Waals surface area contributed by atoms with Crippen molar-refractivity contribution >= 4 is 10.9 Å². The monoisotopic (exact) mass is 261 g/mol. The average Bonchev–Trinajstić information content (AvgIpc) is 2.82. The van der Waals surface area contributed by atoms with E-state index in [1.54, 1.807) is 30.5 Å². The van der Waals surface area contributed by atoms with Gasteiger partial charge >= 0.3 is 6.18 Å². The molecule has 0 fully saturated rings. The first-order chi connectivity index (χ1) is 9.05. The lowest BCUT2D eigenvalue weighted by atomic mass is 10.2. The van der Waals surface area contributed by atoms with Crippen LogP contribution in [0.5, 0.6) is 0 Å². The minimum atomic E-state index is -4.35. The maximum Gasteiger partial charge on any atom is 0.416 e. The molecule has 0 aliphatic heterocycles. The summed E-state index contributed by atoms with van der Waals surface area (Å²) in [5, 5.41) is 4.95. The van der Waals surface area contributed by atoms with E-state index in [-0.39, 0.29) is 0 Å². The molecule has 0 atom stereocenters. The van der Waals surface area contributed by atoms with E-state index in [9.17, 15) is 13.2 Å². The first-order valence-electron chi connectivity index (χ1n) is 5.57. The summed E-state index contributed by atoms with van der Waals surface area (Å²) in [4.78, 5) is 0. The van der Waals surface area contributed by atoms with Gasteiger partial charge in [-0.1, -0.05) is 12.1 Å². The molecule has 0 N–H and O–H groups in total. The molecule has 1 radical (unpaired) electrons. The second-order valence-electron chi connectivity index (χ2n) is 4.09. The number of rotatable bonds is 1. The van der Waals surface area contributed by atoms with Crippen LogP contribution < -0.4 is 0 Å². The highest BCUT2D eigenvalue weighted by atomic mass is 19.4. The van der Waals surface area contributed by atoms with E-state index >= 15 is 0 Å². The summed E-state index contributed by atoms with van der Waals surface area (Å²) in [5.74, 6) is 0. The number of hydrogen-bond acceptors (Lipinski definition) is 1. The molecule has 0 aliphatic carbocycles. The molecule has 19 heavy (non-hydrogen) atoms. The molecule has 0 saturated carbocycles. The van der Waals surface area contributed by atoms with Gasteiger partial charge in [-0.15, -0.1) is 0 Å². The fraction of sp³-hybridized carbons (Fsp3) is 0.0714. The minimum absolute atomic E-state index is 0.385. The Labute approximate surface area is 107 Å². The highest BCUT2D eigenvalue weighted by Crippen LogP contribution is 2.30. The molecule has 0 bridgehead atoms. The van der Waals surface area contributed by atoms with Gasteiger partial charge in [-0.05, 0) is 36.4 Å². The summed E-state index contributed by atoms with van der Waals surface area (Å²) in [5.41, 5.74) is 0.449. The molecule has 5 heteroatoms. The average molecular weight is 261 g/mol. The van der Waals surface area contributed by atoms with E-state index in [0.717, 1.165) is 23.0 Å². The molecular weight excluding hydrogens is 253 g/mol. The van der Waals surface area contributed by atoms with E-state index < -0.39 is 11.7 Å². The van der Waals surface area contributed by atoms with Crippen LogP contribution in [-0.4, -0.2) is 9.78 Å². The summed E-state index contributed by atoms with van der Waals surface area (Å²) in [6, 6.07) is 13.2. The zero-order valence-corrected chi connectivity index (χ0v) is 9.65. The summed E-state index contributed by atoms with van der Waals surface area (Å²) < 4.78 is 39.6. The van der Waals surface area contributed by atoms with Crippen LogP contribution in [0.2, 0.25) is 0 Å². The summed E-state index contributed by atoms with van der Waals surface area (Å²) >= 11 is 0. The van der Waals surface area contributed by atoms with Crippen LogP contribution in [0.25, 0.3) is 16.6 Å². The zero-order chi connectivity index (χ0) is 13.5. The maximum absolute atomic E-state index is 12.7. The van der Waals surface area contributed by atoms with Crippen molar-refractivity contribution in [2.45, 2.75) is 6.18 Å². The Hall–Kier alpha value is -2.30. The van der Waals surface area contributed by atoms with Crippen molar-refractivity contribution in [2.24, 2.45) is 0 Å². The Morgan fingerprint density at radius 1 is 1.16 bits per heavy atom. The molecule has 1 aromatic heterocycles. The fourth-order valence-electron chi connectivity index (χ4n) is 1.93. The summed E-state index contributed by atoms with van der Waals surface area (Å²) in [6.45, 7) is 0. The van der Waals surface area contributed by atoms with Crippen molar-refractivity contribution in [3.63, 3.8) is 0 Å². The molecule has 0 unspecified atom stereocenters. The molecule has 0 spiro atoms. The molecule has 0 amide bonds. The third-order valence-electron chi connectivity index (χ3n) is 2.83. The number of fused-ring (bicyclic) bond motifs is 1. The largest absolute Gasteiger partial charge is 0.416 e. The lowest BCUT2D eigenvalue weighted by molar-refractivity contribution is -0.137. The van der Waals surface area contributed by atoms with E-state index in [4.69, 9.17) is 0 Å². The molecular formula is C14H8F3N2. The Bertz CT molecular complexity index is 729. The fourth-order valence-corrected chi connectivity index (χ4v) is 1.93. The van der Waals surface area contributed by atoms with Crippen LogP contribution >= 0.6 is 0 Å². The van der Waals surface area contributed by atoms with Gasteiger partial charge in [0.25, 0.3) is 0 Å². The summed E-state index contributed by atoms with van der Waals surface area (Å²) in [7, 11) is 0. The SMILES string of the molecule is FC(F)(F)c1cccc(-n2ncc3c[c]ccc32)c1. The van der Waals surface area contributed by atoms with Gasteiger partial charge in [0.2, 0.25) is 0 Å². The van der Waals surface area contributed by atoms with Crippen LogP contribution in [0.4, 0.5) is 13.2 Å². The molecule has 3 aromatic rings. The normalized spacial score (nSPS) is 11.9. The zero-order valence-electron chi connectivity index (χ0n) is 9.65. The van der Waals surface area contributed by atoms with Crippen LogP contribution in [-0.2, 0) is 6.18 Å². The van der Waals surface area contributed by atoms with Crippen molar-refractivity contribution in [2.75, 3.05) is 0 Å². The first kappa shape index (κ1) is 11.8. The van der Waals surface area contributed by atoms with Gasteiger partial charge in [0.1, 0.15) is 0 Å². The van der Waals surface area contributed by atoms with Crippen LogP contribution in [0.15, 0.2) is 48.7 Å². The van der Waals surface area contributed by atoms with Gasteiger partial charge in [0, 0.05) is 5.39 Å². The van der Waals surface area contributed by atoms with Crippen molar-refractivity contribution in [3.05, 3.63) is 60.3 Å². The van der Waals surface area contributed by atoms with Crippen molar-refractivity contribution in [1.82, 2.24) is 9.78 Å². The predicted molar refractivity (Wildman–Crippen MR) is 64.9 cm³/mol. The number of benzene rings is 2. The van der Waals surface area contributed by atoms with Crippen molar-refractivity contribution in [1.29, 1.82) is 0 Å². The molecule has 3 rings (SSSR count). The second kappa shape index (κ2) is 4.12. The van der Waals surface area contributed by atoms with Crippen LogP contribution in [0.1, 0.15) is 5.56 Å². The number of alkyl halides is 3. The molecule has 95 valence electrons. The quantitative estimate of drug-likeness (QED) is 0.650. The highest BCUT2D eigenvalue weighted by Gasteiger charge is 2.30. The van der Waals surface area contributed by atoms with Gasteiger partial charge < -0.3 is 0 Å². The predicted octanol–water partition coefficient (Wildman–Crippen LogP) is 3.84. The second-order valence-corrected chi connectivity index (χ2v) is 4.09. The molecule has 0 saturated heterocycles. The Kier molecular flexibility index (Phi) is 2.55. The molecule has 1 heterocycles. The van der Waals surface area contributed by atoms with Gasteiger partial charge in [0.05, 0.1) is 23.0 Å². The van der Waals surface area contributed by atoms with Gasteiger partial charge in [-0.3, -0.25) is 0 Å². The third kappa shape index (κ3) is 2.07. The Morgan fingerprint density at radius 3 is 2.79 bits per heavy atom. The van der Waals surface area contributed by atoms with E-state index in [0.29, 0.717) is 5.69 Å². The number of halogens is 3. The highest BCUT2D eigenvalue weighted by molar-refractivity contribution is 5.79. The van der Waals surface area contributed by atoms with Crippen molar-refractivity contribution < 1.29 is 13.2 Å². The maximum atomic E-state index is 12.7. The smallest absolute Gasteiger partial charge is 0.233 e. The Balaban J connectivity index is 2.17. The number of hydrogen-bond donors (Lipinski definition) is 0. The minimum Gasteiger partial charge on any atom is -0.233 e. The lowest BCUT2D eigenvalue weighted by Crippen LogP contribution is -2.06. The first-order valence-corrected chi connectivity index (χ1v) is 5.57. The van der Waals surface area contributed by atoms with E-state index in [1.807, 2.05) is 0 Å². The molecule has 2 aromatic carbocycles. The van der Waals surface area contributed by atoms with Crippen LogP contribution in [0.3, 0.4) is 0 Å². The van der Waals surface area contributed by atoms with Gasteiger partial charge in [-0.25, -0.2) is 4.68 Å². The standard InChI is InChI=1S/C14H8F3N2/c15-14(16,17)11-5-3-6-12(8-11)19-13-7-2-1-4-10(13)9-18-19/h2-9H. The molecule has 2 nitrogen and oxygen atoms in total. The topological polar surface area (TPSA) is 17.8 Å². The van der Waals surface area contributed by atoms with Crippen LogP contribution in [0, 0.1) is 6.07 Å². The third-order valence-corrected chi connectivity index (χ3v) is 2.83.